The Kier molecular flexibility index (Phi) is 3.29. The first-order chi connectivity index (χ1) is 8.72. The van der Waals surface area contributed by atoms with Crippen molar-refractivity contribution < 1.29 is 0 Å². The smallest absolute Gasteiger partial charge is 0.114 e. The van der Waals surface area contributed by atoms with Crippen molar-refractivity contribution in [2.24, 2.45) is 7.05 Å². The molecule has 2 heterocycles. The molecule has 4 heteroatoms. The van der Waals surface area contributed by atoms with Gasteiger partial charge >= 0.3 is 0 Å². The Balaban J connectivity index is 2.28. The normalized spacial score (nSPS) is 12.9. The molecule has 0 atom stereocenters. The molecule has 0 unspecified atom stereocenters. The Bertz CT molecular complexity index is 541. The molecular formula is C15H24N4. The molecule has 0 saturated heterocycles. The van der Waals surface area contributed by atoms with Gasteiger partial charge in [0.2, 0.25) is 0 Å². The molecular weight excluding hydrogens is 236 g/mol. The topological polar surface area (TPSA) is 46.5 Å². The molecule has 0 radical (unpaired) electrons. The quantitative estimate of drug-likeness (QED) is 0.922. The average Bonchev–Trinajstić information content (AvgIpc) is 2.87. The predicted molar refractivity (Wildman–Crippen MR) is 77.2 cm³/mol. The lowest BCUT2D eigenvalue weighted by Gasteiger charge is -2.23. The van der Waals surface area contributed by atoms with Gasteiger partial charge in [-0.15, -0.1) is 0 Å². The number of nitrogens with one attached hydrogen (secondary N) is 1. The molecule has 0 aromatic carbocycles. The van der Waals surface area contributed by atoms with Crippen LogP contribution in [0.1, 0.15) is 52.0 Å². The van der Waals surface area contributed by atoms with Crippen LogP contribution < -0.4 is 0 Å². The first kappa shape index (κ1) is 13.8. The molecule has 0 fully saturated rings. The largest absolute Gasteiger partial charge is 0.348 e. The predicted octanol–water partition coefficient (Wildman–Crippen LogP) is 2.96. The van der Waals surface area contributed by atoms with E-state index in [9.17, 15) is 0 Å². The maximum Gasteiger partial charge on any atom is 0.114 e. The summed E-state index contributed by atoms with van der Waals surface area (Å²) in [4.78, 5) is 12.2. The highest BCUT2D eigenvalue weighted by atomic mass is 15.1. The van der Waals surface area contributed by atoms with Crippen LogP contribution >= 0.6 is 0 Å². The van der Waals surface area contributed by atoms with Crippen molar-refractivity contribution in [3.63, 3.8) is 0 Å². The summed E-state index contributed by atoms with van der Waals surface area (Å²) in [7, 11) is 2.10. The van der Waals surface area contributed by atoms with Crippen LogP contribution in [0.3, 0.4) is 0 Å². The first-order valence-electron chi connectivity index (χ1n) is 6.73. The minimum Gasteiger partial charge on any atom is -0.348 e. The van der Waals surface area contributed by atoms with Gasteiger partial charge < -0.3 is 9.55 Å². The maximum absolute atomic E-state index is 4.58. The number of hydrogen-bond acceptors (Lipinski definition) is 2. The number of nitrogens with zero attached hydrogens (tertiary/aromatic N) is 3. The van der Waals surface area contributed by atoms with E-state index in [0.717, 1.165) is 18.1 Å². The van der Waals surface area contributed by atoms with Gasteiger partial charge in [0.15, 0.2) is 0 Å². The van der Waals surface area contributed by atoms with Gasteiger partial charge in [0.25, 0.3) is 0 Å². The molecule has 0 aliphatic heterocycles. The number of aromatic amines is 1. The third kappa shape index (κ3) is 2.72. The summed E-state index contributed by atoms with van der Waals surface area (Å²) in [5, 5.41) is 0. The fourth-order valence-electron chi connectivity index (χ4n) is 2.48. The van der Waals surface area contributed by atoms with E-state index in [-0.39, 0.29) is 10.8 Å². The molecule has 0 aliphatic carbocycles. The Labute approximate surface area is 115 Å². The van der Waals surface area contributed by atoms with Crippen LogP contribution in [0.25, 0.3) is 0 Å². The van der Waals surface area contributed by atoms with Gasteiger partial charge in [-0.2, -0.15) is 0 Å². The fraction of sp³-hybridized carbons (Fsp3) is 0.600. The van der Waals surface area contributed by atoms with E-state index in [4.69, 9.17) is 0 Å². The molecule has 2 aromatic heterocycles. The number of H-pyrrole nitrogens is 1. The van der Waals surface area contributed by atoms with Gasteiger partial charge in [0.05, 0.1) is 0 Å². The molecule has 0 bridgehead atoms. The number of rotatable bonds is 3. The van der Waals surface area contributed by atoms with Crippen LogP contribution in [0.15, 0.2) is 18.6 Å². The van der Waals surface area contributed by atoms with Gasteiger partial charge in [0.1, 0.15) is 11.6 Å². The van der Waals surface area contributed by atoms with Crippen molar-refractivity contribution in [1.82, 2.24) is 19.5 Å². The maximum atomic E-state index is 4.58. The minimum absolute atomic E-state index is 0.0214. The van der Waals surface area contributed by atoms with Crippen molar-refractivity contribution >= 4 is 0 Å². The highest BCUT2D eigenvalue weighted by molar-refractivity contribution is 5.17. The molecule has 2 rings (SSSR count). The summed E-state index contributed by atoms with van der Waals surface area (Å²) in [6.07, 6.45) is 6.59. The zero-order valence-electron chi connectivity index (χ0n) is 12.8. The van der Waals surface area contributed by atoms with E-state index < -0.39 is 0 Å². The lowest BCUT2D eigenvalue weighted by molar-refractivity contribution is 0.467. The highest BCUT2D eigenvalue weighted by Gasteiger charge is 2.27. The van der Waals surface area contributed by atoms with Crippen LogP contribution in [0.2, 0.25) is 0 Å². The molecule has 0 spiro atoms. The summed E-state index contributed by atoms with van der Waals surface area (Å²) < 4.78 is 2.21. The second-order valence-corrected chi connectivity index (χ2v) is 6.88. The van der Waals surface area contributed by atoms with E-state index in [2.05, 4.69) is 61.2 Å². The van der Waals surface area contributed by atoms with Crippen molar-refractivity contribution in [2.45, 2.75) is 51.9 Å². The first-order valence-corrected chi connectivity index (χ1v) is 6.73. The molecule has 0 aliphatic rings. The summed E-state index contributed by atoms with van der Waals surface area (Å²) in [5.74, 6) is 2.14. The van der Waals surface area contributed by atoms with Crippen molar-refractivity contribution in [3.8, 4) is 0 Å². The standard InChI is InChI=1S/C15H24N4/c1-14(2,3)13-18-10-11(19(13)6)9-15(4,5)12-16-7-8-17-12/h7-8,10H,9H2,1-6H3,(H,16,17). The van der Waals surface area contributed by atoms with Gasteiger partial charge in [-0.25, -0.2) is 9.97 Å². The molecule has 4 nitrogen and oxygen atoms in total. The monoisotopic (exact) mass is 260 g/mol. The number of imidazole rings is 2. The molecule has 2 aromatic rings. The van der Waals surface area contributed by atoms with E-state index >= 15 is 0 Å². The van der Waals surface area contributed by atoms with Crippen LogP contribution in [0.4, 0.5) is 0 Å². The third-order valence-electron chi connectivity index (χ3n) is 3.52. The minimum atomic E-state index is -0.0214. The van der Waals surface area contributed by atoms with E-state index in [1.165, 1.54) is 5.69 Å². The Morgan fingerprint density at radius 3 is 2.32 bits per heavy atom. The molecule has 1 N–H and O–H groups in total. The Morgan fingerprint density at radius 2 is 1.84 bits per heavy atom. The molecule has 0 saturated carbocycles. The SMILES string of the molecule is Cn1c(CC(C)(C)c2ncc[nH]2)cnc1C(C)(C)C. The second-order valence-electron chi connectivity index (χ2n) is 6.88. The Hall–Kier alpha value is -1.58. The molecule has 0 amide bonds. The zero-order chi connectivity index (χ0) is 14.3. The lowest BCUT2D eigenvalue weighted by atomic mass is 9.87. The second kappa shape index (κ2) is 4.51. The van der Waals surface area contributed by atoms with Crippen LogP contribution in [0.5, 0.6) is 0 Å². The van der Waals surface area contributed by atoms with Crippen molar-refractivity contribution in [1.29, 1.82) is 0 Å². The third-order valence-corrected chi connectivity index (χ3v) is 3.52. The van der Waals surface area contributed by atoms with Gasteiger partial charge in [-0.05, 0) is 0 Å². The summed E-state index contributed by atoms with van der Waals surface area (Å²) in [5.41, 5.74) is 1.29. The zero-order valence-corrected chi connectivity index (χ0v) is 12.8. The lowest BCUT2D eigenvalue weighted by Crippen LogP contribution is -2.25. The van der Waals surface area contributed by atoms with Crippen molar-refractivity contribution in [2.75, 3.05) is 0 Å². The van der Waals surface area contributed by atoms with Gasteiger partial charge in [-0.3, -0.25) is 0 Å². The number of aromatic nitrogens is 4. The van der Waals surface area contributed by atoms with Gasteiger partial charge in [-0.1, -0.05) is 34.6 Å². The summed E-state index contributed by atoms with van der Waals surface area (Å²) in [6.45, 7) is 11.0. The molecule has 104 valence electrons. The van der Waals surface area contributed by atoms with E-state index in [0.29, 0.717) is 0 Å². The fourth-order valence-corrected chi connectivity index (χ4v) is 2.48. The summed E-state index contributed by atoms with van der Waals surface area (Å²) in [6, 6.07) is 0. The van der Waals surface area contributed by atoms with Crippen LogP contribution in [-0.4, -0.2) is 19.5 Å². The molecule has 19 heavy (non-hydrogen) atoms. The van der Waals surface area contributed by atoms with Crippen molar-refractivity contribution in [3.05, 3.63) is 35.9 Å². The van der Waals surface area contributed by atoms with Crippen LogP contribution in [0, 0.1) is 0 Å². The number of hydrogen-bond donors (Lipinski definition) is 1. The van der Waals surface area contributed by atoms with E-state index in [1.54, 1.807) is 6.20 Å². The van der Waals surface area contributed by atoms with E-state index in [1.807, 2.05) is 12.4 Å². The van der Waals surface area contributed by atoms with Gasteiger partial charge in [0, 0.05) is 48.6 Å². The average molecular weight is 260 g/mol. The van der Waals surface area contributed by atoms with Crippen LogP contribution in [-0.2, 0) is 24.3 Å². The Morgan fingerprint density at radius 1 is 1.16 bits per heavy atom. The highest BCUT2D eigenvalue weighted by Crippen LogP contribution is 2.27. The summed E-state index contributed by atoms with van der Waals surface area (Å²) >= 11 is 0.